The van der Waals surface area contributed by atoms with E-state index in [2.05, 4.69) is 44.0 Å². The molecular formula is C36H66N2O3. The first-order chi connectivity index (χ1) is 19.7. The van der Waals surface area contributed by atoms with Crippen LogP contribution < -0.4 is 0 Å². The summed E-state index contributed by atoms with van der Waals surface area (Å²) in [4.78, 5) is 0. The van der Waals surface area contributed by atoms with E-state index in [9.17, 15) is 10.2 Å². The second kappa shape index (κ2) is 16.6. The highest BCUT2D eigenvalue weighted by Crippen LogP contribution is 2.66. The topological polar surface area (TPSA) is 78.4 Å². The molecule has 9 unspecified atom stereocenters. The van der Waals surface area contributed by atoms with Gasteiger partial charge in [0.1, 0.15) is 6.10 Å². The van der Waals surface area contributed by atoms with E-state index in [1.807, 2.05) is 47.6 Å². The number of allylic oxidation sites excluding steroid dienone is 1. The van der Waals surface area contributed by atoms with Gasteiger partial charge in [0.2, 0.25) is 0 Å². The highest BCUT2D eigenvalue weighted by molar-refractivity contribution is 5.29. The summed E-state index contributed by atoms with van der Waals surface area (Å²) in [5.41, 5.74) is 2.79. The summed E-state index contributed by atoms with van der Waals surface area (Å²) in [7, 11) is 0. The molecule has 0 saturated heterocycles. The van der Waals surface area contributed by atoms with E-state index in [0.717, 1.165) is 55.6 Å². The van der Waals surface area contributed by atoms with Crippen molar-refractivity contribution < 1.29 is 14.9 Å². The number of aliphatic hydroxyl groups is 2. The van der Waals surface area contributed by atoms with Crippen molar-refractivity contribution in [3.05, 3.63) is 29.6 Å². The normalized spacial score (nSPS) is 36.1. The second-order valence-corrected chi connectivity index (χ2v) is 13.2. The van der Waals surface area contributed by atoms with Crippen LogP contribution in [-0.4, -0.2) is 38.7 Å². The molecule has 3 N–H and O–H groups in total. The molecule has 3 fully saturated rings. The first-order valence-corrected chi connectivity index (χ1v) is 17.4. The molecule has 0 aromatic carbocycles. The molecule has 1 heterocycles. The van der Waals surface area contributed by atoms with E-state index in [-0.39, 0.29) is 17.6 Å². The lowest BCUT2D eigenvalue weighted by molar-refractivity contribution is -0.0990. The Hall–Kier alpha value is -1.17. The smallest absolute Gasteiger partial charge is 0.102 e. The van der Waals surface area contributed by atoms with Crippen LogP contribution in [0.5, 0.6) is 0 Å². The van der Waals surface area contributed by atoms with Crippen molar-refractivity contribution >= 4 is 0 Å². The highest BCUT2D eigenvalue weighted by atomic mass is 16.5. The van der Waals surface area contributed by atoms with Gasteiger partial charge in [-0.25, -0.2) is 0 Å². The molecule has 9 atom stereocenters. The number of nitrogens with zero attached hydrogens (tertiary/aromatic N) is 1. The quantitative estimate of drug-likeness (QED) is 0.271. The van der Waals surface area contributed by atoms with Gasteiger partial charge in [0.25, 0.3) is 0 Å². The average molecular weight is 575 g/mol. The summed E-state index contributed by atoms with van der Waals surface area (Å²) < 4.78 is 6.16. The van der Waals surface area contributed by atoms with Gasteiger partial charge in [0.15, 0.2) is 0 Å². The summed E-state index contributed by atoms with van der Waals surface area (Å²) in [5, 5.41) is 28.6. The molecule has 5 rings (SSSR count). The van der Waals surface area contributed by atoms with Crippen molar-refractivity contribution in [2.45, 2.75) is 158 Å². The van der Waals surface area contributed by atoms with Crippen LogP contribution in [0.2, 0.25) is 0 Å². The van der Waals surface area contributed by atoms with E-state index in [0.29, 0.717) is 23.9 Å². The van der Waals surface area contributed by atoms with Gasteiger partial charge in [0.05, 0.1) is 24.5 Å². The van der Waals surface area contributed by atoms with Gasteiger partial charge in [0, 0.05) is 6.20 Å². The predicted octanol–water partition coefficient (Wildman–Crippen LogP) is 9.11. The highest BCUT2D eigenvalue weighted by Gasteiger charge is 2.59. The third kappa shape index (κ3) is 7.68. The van der Waals surface area contributed by atoms with E-state index in [1.54, 1.807) is 6.20 Å². The van der Waals surface area contributed by atoms with Crippen molar-refractivity contribution in [2.24, 2.45) is 40.4 Å². The molecule has 0 aliphatic heterocycles. The number of aromatic amines is 1. The molecule has 0 spiro atoms. The Morgan fingerprint density at radius 1 is 1.00 bits per heavy atom. The van der Waals surface area contributed by atoms with Crippen LogP contribution in [0.3, 0.4) is 0 Å². The minimum Gasteiger partial charge on any atom is -0.393 e. The van der Waals surface area contributed by atoms with Crippen LogP contribution in [0, 0.1) is 40.4 Å². The molecule has 0 amide bonds. The largest absolute Gasteiger partial charge is 0.393 e. The van der Waals surface area contributed by atoms with Crippen molar-refractivity contribution in [1.82, 2.24) is 10.2 Å². The van der Waals surface area contributed by atoms with Crippen LogP contribution in [0.15, 0.2) is 23.9 Å². The van der Waals surface area contributed by atoms with Gasteiger partial charge >= 0.3 is 0 Å². The van der Waals surface area contributed by atoms with E-state index < -0.39 is 6.10 Å². The van der Waals surface area contributed by atoms with Crippen molar-refractivity contribution in [3.8, 4) is 0 Å². The predicted molar refractivity (Wildman–Crippen MR) is 172 cm³/mol. The van der Waals surface area contributed by atoms with E-state index >= 15 is 0 Å². The maximum atomic E-state index is 11.4. The molecule has 0 bridgehead atoms. The fourth-order valence-electron chi connectivity index (χ4n) is 8.93. The molecule has 1 aromatic heterocycles. The van der Waals surface area contributed by atoms with Gasteiger partial charge in [-0.15, -0.1) is 0 Å². The molecule has 1 aromatic rings. The zero-order chi connectivity index (χ0) is 30.8. The Morgan fingerprint density at radius 3 is 2.34 bits per heavy atom. The van der Waals surface area contributed by atoms with Gasteiger partial charge in [-0.3, -0.25) is 5.10 Å². The number of hydrogen-bond donors (Lipinski definition) is 3. The minimum absolute atomic E-state index is 0.108. The first kappa shape index (κ1) is 36.0. The number of rotatable bonds is 8. The zero-order valence-corrected chi connectivity index (χ0v) is 28.4. The number of aliphatic hydroxyl groups excluding tert-OH is 2. The lowest BCUT2D eigenvalue weighted by atomic mass is 9.47. The van der Waals surface area contributed by atoms with Crippen molar-refractivity contribution in [1.29, 1.82) is 0 Å². The summed E-state index contributed by atoms with van der Waals surface area (Å²) in [5.74, 6) is 3.42. The average Bonchev–Trinajstić information content (AvgIpc) is 3.63. The molecule has 5 nitrogen and oxygen atoms in total. The molecule has 238 valence electrons. The van der Waals surface area contributed by atoms with Crippen LogP contribution in [0.4, 0.5) is 0 Å². The van der Waals surface area contributed by atoms with Crippen LogP contribution in [0.25, 0.3) is 0 Å². The summed E-state index contributed by atoms with van der Waals surface area (Å²) in [6.07, 6.45) is 15.3. The minimum atomic E-state index is -0.491. The van der Waals surface area contributed by atoms with Crippen LogP contribution >= 0.6 is 0 Å². The third-order valence-corrected chi connectivity index (χ3v) is 11.2. The number of fused-ring (bicyclic) bond motifs is 5. The van der Waals surface area contributed by atoms with Gasteiger partial charge in [-0.1, -0.05) is 81.7 Å². The van der Waals surface area contributed by atoms with Crippen LogP contribution in [-0.2, 0) is 11.3 Å². The number of aromatic nitrogens is 2. The molecule has 4 aliphatic rings. The number of ether oxygens (including phenoxy) is 1. The Kier molecular flexibility index (Phi) is 14.6. The van der Waals surface area contributed by atoms with Crippen molar-refractivity contribution in [2.75, 3.05) is 0 Å². The van der Waals surface area contributed by atoms with Crippen molar-refractivity contribution in [3.63, 3.8) is 0 Å². The lowest BCUT2D eigenvalue weighted by Gasteiger charge is -2.59. The standard InChI is InChI=1S/C30H48N2O3.3C2H6/c1-19(2)26(33)7-5-6-20-8-10-23-22-9-11-25-28(34)27(35-18-21-14-17-31-32-21)13-16-30(25,4)24(22)12-15-29(20,23)3;3*1-2/h11,14,17,19-20,22-24,26-28,33-34H,5-10,12-13,15-16,18H2,1-4H3,(H,31,32);3*1-2H3. The Morgan fingerprint density at radius 2 is 1.71 bits per heavy atom. The Bertz CT molecular complexity index is 883. The number of hydrogen-bond acceptors (Lipinski definition) is 4. The maximum Gasteiger partial charge on any atom is 0.102 e. The SMILES string of the molecule is CC.CC.CC.CC(C)C(O)CCCC1CCC2C3CC=C4C(O)C(OCc5ccn[nH]5)CCC4(C)C3CCC12C. The van der Waals surface area contributed by atoms with Gasteiger partial charge in [-0.05, 0) is 110 Å². The fraction of sp³-hybridized carbons (Fsp3) is 0.861. The lowest BCUT2D eigenvalue weighted by Crippen LogP contribution is -2.54. The zero-order valence-electron chi connectivity index (χ0n) is 28.4. The van der Waals surface area contributed by atoms with Gasteiger partial charge in [-0.2, -0.15) is 5.10 Å². The molecule has 0 radical (unpaired) electrons. The monoisotopic (exact) mass is 575 g/mol. The summed E-state index contributed by atoms with van der Waals surface area (Å²) in [6.45, 7) is 21.8. The Balaban J connectivity index is 0.000000921. The molecule has 4 aliphatic carbocycles. The first-order valence-electron chi connectivity index (χ1n) is 17.4. The Labute approximate surface area is 253 Å². The third-order valence-electron chi connectivity index (χ3n) is 11.2. The molecule has 41 heavy (non-hydrogen) atoms. The molecule has 5 heteroatoms. The van der Waals surface area contributed by atoms with E-state index in [4.69, 9.17) is 4.74 Å². The summed E-state index contributed by atoms with van der Waals surface area (Å²) >= 11 is 0. The maximum absolute atomic E-state index is 11.4. The fourth-order valence-corrected chi connectivity index (χ4v) is 8.93. The second-order valence-electron chi connectivity index (χ2n) is 13.2. The number of H-pyrrole nitrogens is 1. The van der Waals surface area contributed by atoms with E-state index in [1.165, 1.54) is 37.7 Å². The molecular weight excluding hydrogens is 508 g/mol. The summed E-state index contributed by atoms with van der Waals surface area (Å²) in [6, 6.07) is 1.93. The molecule has 3 saturated carbocycles. The van der Waals surface area contributed by atoms with Gasteiger partial charge < -0.3 is 14.9 Å². The van der Waals surface area contributed by atoms with Crippen LogP contribution in [0.1, 0.15) is 139 Å². The number of nitrogens with one attached hydrogen (secondary N) is 1.